The van der Waals surface area contributed by atoms with Gasteiger partial charge in [-0.25, -0.2) is 19.0 Å². The second-order valence-corrected chi connectivity index (χ2v) is 8.54. The van der Waals surface area contributed by atoms with E-state index in [2.05, 4.69) is 25.6 Å². The summed E-state index contributed by atoms with van der Waals surface area (Å²) >= 11 is 1.39. The normalized spacial score (nSPS) is 11.9. The fraction of sp³-hybridized carbons (Fsp3) is 0.208. The number of carbonyl (C=O) groups is 1. The molecule has 7 nitrogen and oxygen atoms in total. The summed E-state index contributed by atoms with van der Waals surface area (Å²) in [5.41, 5.74) is 4.10. The summed E-state index contributed by atoms with van der Waals surface area (Å²) in [5.74, 6) is -0.333. The van der Waals surface area contributed by atoms with Crippen LogP contribution in [0.15, 0.2) is 65.8 Å². The van der Waals surface area contributed by atoms with Crippen molar-refractivity contribution in [1.29, 1.82) is 0 Å². The Balaban J connectivity index is 1.64. The van der Waals surface area contributed by atoms with E-state index >= 15 is 0 Å². The first kappa shape index (κ1) is 22.6. The van der Waals surface area contributed by atoms with Gasteiger partial charge in [0.15, 0.2) is 10.9 Å². The number of nitrogens with zero attached hydrogens (tertiary/aromatic N) is 5. The second-order valence-electron chi connectivity index (χ2n) is 7.60. The molecular weight excluding hydrogens is 439 g/mol. The molecular formula is C24H23FN6OS. The van der Waals surface area contributed by atoms with E-state index in [0.717, 1.165) is 17.0 Å². The standard InChI is InChI=1S/C24H23FN6OS/c1-15-13-16(2)27-24(26-15)33-14-21-22(23(32)28-17(3)18-7-5-4-6-8-18)29-30-31(21)20-11-9-19(25)10-12-20/h4-13,17H,14H2,1-3H3,(H,28,32). The number of nitrogens with one attached hydrogen (secondary N) is 1. The van der Waals surface area contributed by atoms with Gasteiger partial charge >= 0.3 is 0 Å². The van der Waals surface area contributed by atoms with Crippen molar-refractivity contribution in [3.63, 3.8) is 0 Å². The van der Waals surface area contributed by atoms with E-state index in [1.807, 2.05) is 57.2 Å². The number of hydrogen-bond donors (Lipinski definition) is 1. The molecule has 0 spiro atoms. The Kier molecular flexibility index (Phi) is 6.79. The van der Waals surface area contributed by atoms with Gasteiger partial charge in [-0.3, -0.25) is 4.79 Å². The van der Waals surface area contributed by atoms with Crippen LogP contribution in [0.5, 0.6) is 0 Å². The summed E-state index contributed by atoms with van der Waals surface area (Å²) in [6.45, 7) is 5.73. The van der Waals surface area contributed by atoms with Crippen LogP contribution in [-0.4, -0.2) is 30.9 Å². The molecule has 4 aromatic rings. The molecule has 168 valence electrons. The van der Waals surface area contributed by atoms with E-state index in [1.165, 1.54) is 23.9 Å². The second kappa shape index (κ2) is 9.91. The molecule has 0 fully saturated rings. The first-order valence-corrected chi connectivity index (χ1v) is 11.4. The largest absolute Gasteiger partial charge is 0.344 e. The van der Waals surface area contributed by atoms with Gasteiger partial charge in [-0.1, -0.05) is 47.3 Å². The van der Waals surface area contributed by atoms with Gasteiger partial charge < -0.3 is 5.32 Å². The molecule has 4 rings (SSSR count). The van der Waals surface area contributed by atoms with Crippen LogP contribution in [0.1, 0.15) is 46.1 Å². The van der Waals surface area contributed by atoms with Crippen LogP contribution in [0.3, 0.4) is 0 Å². The van der Waals surface area contributed by atoms with Crippen LogP contribution in [-0.2, 0) is 5.75 Å². The lowest BCUT2D eigenvalue weighted by Gasteiger charge is -2.14. The Morgan fingerprint density at radius 1 is 1.06 bits per heavy atom. The van der Waals surface area contributed by atoms with Gasteiger partial charge in [0, 0.05) is 17.1 Å². The highest BCUT2D eigenvalue weighted by atomic mass is 32.2. The number of hydrogen-bond acceptors (Lipinski definition) is 6. The summed E-state index contributed by atoms with van der Waals surface area (Å²) in [6.07, 6.45) is 0. The fourth-order valence-corrected chi connectivity index (χ4v) is 4.32. The maximum atomic E-state index is 13.5. The Labute approximate surface area is 195 Å². The lowest BCUT2D eigenvalue weighted by atomic mass is 10.1. The fourth-order valence-electron chi connectivity index (χ4n) is 3.38. The number of amides is 1. The van der Waals surface area contributed by atoms with Crippen LogP contribution in [0.25, 0.3) is 5.69 Å². The van der Waals surface area contributed by atoms with E-state index in [0.29, 0.717) is 22.3 Å². The Hall–Kier alpha value is -3.59. The number of rotatable bonds is 7. The predicted molar refractivity (Wildman–Crippen MR) is 125 cm³/mol. The van der Waals surface area contributed by atoms with Gasteiger partial charge in [0.05, 0.1) is 17.4 Å². The van der Waals surface area contributed by atoms with Crippen molar-refractivity contribution in [2.45, 2.75) is 37.7 Å². The van der Waals surface area contributed by atoms with E-state index in [9.17, 15) is 9.18 Å². The van der Waals surface area contributed by atoms with Gasteiger partial charge in [0.2, 0.25) is 0 Å². The molecule has 2 heterocycles. The summed E-state index contributed by atoms with van der Waals surface area (Å²) < 4.78 is 15.0. The zero-order valence-corrected chi connectivity index (χ0v) is 19.3. The van der Waals surface area contributed by atoms with E-state index in [4.69, 9.17) is 0 Å². The molecule has 0 saturated carbocycles. The minimum absolute atomic E-state index is 0.207. The molecule has 2 aromatic heterocycles. The molecule has 0 aliphatic rings. The number of aromatic nitrogens is 5. The molecule has 0 aliphatic heterocycles. The average Bonchev–Trinajstić information content (AvgIpc) is 3.22. The lowest BCUT2D eigenvalue weighted by molar-refractivity contribution is 0.0934. The molecule has 33 heavy (non-hydrogen) atoms. The maximum absolute atomic E-state index is 13.5. The number of thioether (sulfide) groups is 1. The van der Waals surface area contributed by atoms with Gasteiger partial charge in [0.25, 0.3) is 5.91 Å². The van der Waals surface area contributed by atoms with Crippen molar-refractivity contribution in [3.05, 3.63) is 94.8 Å². The van der Waals surface area contributed by atoms with Gasteiger partial charge in [-0.2, -0.15) is 0 Å². The van der Waals surface area contributed by atoms with Gasteiger partial charge in [-0.05, 0) is 56.7 Å². The van der Waals surface area contributed by atoms with Gasteiger partial charge in [0.1, 0.15) is 5.82 Å². The topological polar surface area (TPSA) is 85.6 Å². The average molecular weight is 463 g/mol. The maximum Gasteiger partial charge on any atom is 0.274 e. The highest BCUT2D eigenvalue weighted by molar-refractivity contribution is 7.98. The SMILES string of the molecule is Cc1cc(C)nc(SCc2c(C(=O)NC(C)c3ccccc3)nnn2-c2ccc(F)cc2)n1. The van der Waals surface area contributed by atoms with Crippen LogP contribution in [0.4, 0.5) is 4.39 Å². The molecule has 0 bridgehead atoms. The molecule has 9 heteroatoms. The van der Waals surface area contributed by atoms with Crippen molar-refractivity contribution >= 4 is 17.7 Å². The van der Waals surface area contributed by atoms with Crippen molar-refractivity contribution in [2.24, 2.45) is 0 Å². The van der Waals surface area contributed by atoms with Crippen molar-refractivity contribution < 1.29 is 9.18 Å². The quantitative estimate of drug-likeness (QED) is 0.319. The highest BCUT2D eigenvalue weighted by Gasteiger charge is 2.23. The van der Waals surface area contributed by atoms with Crippen LogP contribution >= 0.6 is 11.8 Å². The molecule has 1 N–H and O–H groups in total. The third-order valence-corrected chi connectivity index (χ3v) is 5.85. The number of halogens is 1. The molecule has 1 unspecified atom stereocenters. The van der Waals surface area contributed by atoms with E-state index in [-0.39, 0.29) is 23.5 Å². The third kappa shape index (κ3) is 5.43. The summed E-state index contributed by atoms with van der Waals surface area (Å²) in [6, 6.07) is 17.3. The smallest absolute Gasteiger partial charge is 0.274 e. The van der Waals surface area contributed by atoms with Crippen molar-refractivity contribution in [3.8, 4) is 5.69 Å². The summed E-state index contributed by atoms with van der Waals surface area (Å²) in [7, 11) is 0. The van der Waals surface area contributed by atoms with Crippen molar-refractivity contribution in [1.82, 2.24) is 30.3 Å². The van der Waals surface area contributed by atoms with Crippen LogP contribution < -0.4 is 5.32 Å². The van der Waals surface area contributed by atoms with Gasteiger partial charge in [-0.15, -0.1) is 5.10 Å². The monoisotopic (exact) mass is 462 g/mol. The minimum Gasteiger partial charge on any atom is -0.344 e. The highest BCUT2D eigenvalue weighted by Crippen LogP contribution is 2.24. The first-order chi connectivity index (χ1) is 15.9. The Morgan fingerprint density at radius 3 is 2.39 bits per heavy atom. The van der Waals surface area contributed by atoms with Crippen molar-refractivity contribution in [2.75, 3.05) is 0 Å². The third-order valence-electron chi connectivity index (χ3n) is 5.00. The molecule has 2 aromatic carbocycles. The molecule has 0 radical (unpaired) electrons. The van der Waals surface area contributed by atoms with Crippen LogP contribution in [0.2, 0.25) is 0 Å². The number of aryl methyl sites for hydroxylation is 2. The summed E-state index contributed by atoms with van der Waals surface area (Å²) in [4.78, 5) is 22.1. The predicted octanol–water partition coefficient (Wildman–Crippen LogP) is 4.60. The zero-order chi connectivity index (χ0) is 23.4. The van der Waals surface area contributed by atoms with E-state index in [1.54, 1.807) is 16.8 Å². The first-order valence-electron chi connectivity index (χ1n) is 10.4. The number of benzene rings is 2. The summed E-state index contributed by atoms with van der Waals surface area (Å²) in [5, 5.41) is 11.9. The molecule has 0 aliphatic carbocycles. The molecule has 1 atom stereocenters. The van der Waals surface area contributed by atoms with E-state index < -0.39 is 0 Å². The lowest BCUT2D eigenvalue weighted by Crippen LogP contribution is -2.28. The Bertz CT molecular complexity index is 1240. The number of carbonyl (C=O) groups excluding carboxylic acids is 1. The molecule has 1 amide bonds. The zero-order valence-electron chi connectivity index (χ0n) is 18.5. The minimum atomic E-state index is -0.354. The molecule has 0 saturated heterocycles. The Morgan fingerprint density at radius 2 is 1.73 bits per heavy atom. The van der Waals surface area contributed by atoms with Crippen LogP contribution in [0, 0.1) is 19.7 Å².